The van der Waals surface area contributed by atoms with E-state index in [1.807, 2.05) is 13.8 Å². The lowest BCUT2D eigenvalue weighted by molar-refractivity contribution is 0.130. The number of anilines is 2. The molecule has 0 bridgehead atoms. The van der Waals surface area contributed by atoms with Gasteiger partial charge in [0.2, 0.25) is 5.78 Å². The molecule has 1 aromatic carbocycles. The normalized spacial score (nSPS) is 11.1. The fourth-order valence-corrected chi connectivity index (χ4v) is 2.90. The van der Waals surface area contributed by atoms with Crippen LogP contribution in [0.15, 0.2) is 36.8 Å². The highest BCUT2D eigenvalue weighted by Crippen LogP contribution is 2.30. The van der Waals surface area contributed by atoms with Crippen LogP contribution in [-0.4, -0.2) is 50.6 Å². The first-order valence-corrected chi connectivity index (χ1v) is 10.2. The maximum absolute atomic E-state index is 12.3. The summed E-state index contributed by atoms with van der Waals surface area (Å²) in [7, 11) is 1.73. The summed E-state index contributed by atoms with van der Waals surface area (Å²) in [5, 5.41) is 5.97. The minimum absolute atomic E-state index is 0.0666. The second kappa shape index (κ2) is 9.22. The maximum Gasteiger partial charge on any atom is 0.411 e. The van der Waals surface area contributed by atoms with Gasteiger partial charge in [-0.15, -0.1) is 0 Å². The third kappa shape index (κ3) is 5.43. The van der Waals surface area contributed by atoms with E-state index in [1.165, 1.54) is 6.20 Å². The molecule has 0 atom stereocenters. The fourth-order valence-electron chi connectivity index (χ4n) is 2.69. The standard InChI is InChI=1S/C21H25ClN6O3/c1-12(2)27(5)20(29)24-14-6-7-17(22)16(8-14)18-11-28-10-15(9-23-19(28)26-18)25-21(30)31-13(3)4/h6-13H,1-5H3,(H,24,29)(H,25,30). The number of rotatable bonds is 5. The van der Waals surface area contributed by atoms with Gasteiger partial charge in [-0.05, 0) is 45.9 Å². The number of aromatic nitrogens is 3. The Morgan fingerprint density at radius 1 is 1.13 bits per heavy atom. The average Bonchev–Trinajstić information content (AvgIpc) is 3.11. The van der Waals surface area contributed by atoms with E-state index in [4.69, 9.17) is 16.3 Å². The Hall–Kier alpha value is -3.33. The number of nitrogens with one attached hydrogen (secondary N) is 2. The van der Waals surface area contributed by atoms with Gasteiger partial charge in [0, 0.05) is 36.7 Å². The van der Waals surface area contributed by atoms with Crippen molar-refractivity contribution >= 4 is 40.9 Å². The highest BCUT2D eigenvalue weighted by molar-refractivity contribution is 6.33. The van der Waals surface area contributed by atoms with Gasteiger partial charge in [-0.25, -0.2) is 19.6 Å². The number of hydrogen-bond acceptors (Lipinski definition) is 5. The predicted molar refractivity (Wildman–Crippen MR) is 121 cm³/mol. The first-order chi connectivity index (χ1) is 14.6. The first-order valence-electron chi connectivity index (χ1n) is 9.80. The van der Waals surface area contributed by atoms with E-state index in [2.05, 4.69) is 20.6 Å². The molecule has 0 unspecified atom stereocenters. The van der Waals surface area contributed by atoms with Crippen molar-refractivity contribution in [2.75, 3.05) is 17.7 Å². The smallest absolute Gasteiger partial charge is 0.411 e. The van der Waals surface area contributed by atoms with Crippen LogP contribution < -0.4 is 10.6 Å². The molecule has 2 heterocycles. The Morgan fingerprint density at radius 3 is 2.55 bits per heavy atom. The fraction of sp³-hybridized carbons (Fsp3) is 0.333. The molecule has 0 aliphatic rings. The minimum Gasteiger partial charge on any atom is -0.447 e. The summed E-state index contributed by atoms with van der Waals surface area (Å²) in [4.78, 5) is 34.5. The summed E-state index contributed by atoms with van der Waals surface area (Å²) in [6.07, 6.45) is 4.13. The molecule has 3 aromatic rings. The highest BCUT2D eigenvalue weighted by atomic mass is 35.5. The van der Waals surface area contributed by atoms with Gasteiger partial charge in [-0.2, -0.15) is 0 Å². The zero-order valence-electron chi connectivity index (χ0n) is 18.0. The summed E-state index contributed by atoms with van der Waals surface area (Å²) < 4.78 is 6.75. The van der Waals surface area contributed by atoms with E-state index in [0.29, 0.717) is 33.4 Å². The average molecular weight is 445 g/mol. The van der Waals surface area contributed by atoms with E-state index in [-0.39, 0.29) is 18.2 Å². The van der Waals surface area contributed by atoms with Crippen molar-refractivity contribution in [2.45, 2.75) is 39.8 Å². The number of imidazole rings is 1. The molecule has 0 saturated carbocycles. The van der Waals surface area contributed by atoms with E-state index in [1.54, 1.807) is 60.8 Å². The van der Waals surface area contributed by atoms with Gasteiger partial charge >= 0.3 is 12.1 Å². The molecule has 9 nitrogen and oxygen atoms in total. The van der Waals surface area contributed by atoms with Crippen LogP contribution in [0.5, 0.6) is 0 Å². The number of carbonyl (C=O) groups excluding carboxylic acids is 2. The maximum atomic E-state index is 12.3. The van der Waals surface area contributed by atoms with Crippen LogP contribution in [0.3, 0.4) is 0 Å². The van der Waals surface area contributed by atoms with Gasteiger partial charge in [0.05, 0.1) is 28.7 Å². The molecule has 3 amide bonds. The number of carbonyl (C=O) groups is 2. The van der Waals surface area contributed by atoms with E-state index in [9.17, 15) is 9.59 Å². The van der Waals surface area contributed by atoms with Gasteiger partial charge in [-0.3, -0.25) is 9.72 Å². The summed E-state index contributed by atoms with van der Waals surface area (Å²) >= 11 is 6.39. The second-order valence-corrected chi connectivity index (χ2v) is 7.99. The zero-order chi connectivity index (χ0) is 22.7. The number of nitrogens with zero attached hydrogens (tertiary/aromatic N) is 4. The second-order valence-electron chi connectivity index (χ2n) is 7.58. The third-order valence-corrected chi connectivity index (χ3v) is 4.82. The molecule has 10 heteroatoms. The molecule has 0 saturated heterocycles. The number of benzene rings is 1. The van der Waals surface area contributed by atoms with Crippen molar-refractivity contribution in [3.05, 3.63) is 41.8 Å². The molecule has 0 fully saturated rings. The Morgan fingerprint density at radius 2 is 1.87 bits per heavy atom. The lowest BCUT2D eigenvalue weighted by Crippen LogP contribution is -2.36. The number of fused-ring (bicyclic) bond motifs is 1. The van der Waals surface area contributed by atoms with Crippen molar-refractivity contribution in [3.8, 4) is 11.3 Å². The van der Waals surface area contributed by atoms with Crippen molar-refractivity contribution in [2.24, 2.45) is 0 Å². The number of amides is 3. The van der Waals surface area contributed by atoms with Crippen LogP contribution in [0.4, 0.5) is 21.0 Å². The Kier molecular flexibility index (Phi) is 6.65. The minimum atomic E-state index is -0.561. The van der Waals surface area contributed by atoms with Crippen LogP contribution in [0.1, 0.15) is 27.7 Å². The van der Waals surface area contributed by atoms with Gasteiger partial charge in [0.15, 0.2) is 0 Å². The number of halogens is 1. The van der Waals surface area contributed by atoms with Crippen molar-refractivity contribution < 1.29 is 14.3 Å². The molecule has 0 spiro atoms. The lowest BCUT2D eigenvalue weighted by atomic mass is 10.1. The van der Waals surface area contributed by atoms with Crippen molar-refractivity contribution in [3.63, 3.8) is 0 Å². The van der Waals surface area contributed by atoms with Crippen molar-refractivity contribution in [1.29, 1.82) is 0 Å². The Bertz CT molecular complexity index is 1110. The third-order valence-electron chi connectivity index (χ3n) is 4.49. The molecule has 0 radical (unpaired) electrons. The summed E-state index contributed by atoms with van der Waals surface area (Å²) in [5.74, 6) is 0.433. The SMILES string of the molecule is CC(C)OC(=O)Nc1cnc2nc(-c3cc(NC(=O)N(C)C(C)C)ccc3Cl)cn2c1. The molecule has 31 heavy (non-hydrogen) atoms. The van der Waals surface area contributed by atoms with Crippen LogP contribution in [0, 0.1) is 0 Å². The molecular weight excluding hydrogens is 420 g/mol. The van der Waals surface area contributed by atoms with E-state index in [0.717, 1.165) is 0 Å². The lowest BCUT2D eigenvalue weighted by Gasteiger charge is -2.22. The van der Waals surface area contributed by atoms with Gasteiger partial charge in [0.25, 0.3) is 0 Å². The Labute approximate surface area is 185 Å². The predicted octanol–water partition coefficient (Wildman–Crippen LogP) is 4.88. The quantitative estimate of drug-likeness (QED) is 0.584. The van der Waals surface area contributed by atoms with E-state index < -0.39 is 6.09 Å². The van der Waals surface area contributed by atoms with Gasteiger partial charge in [0.1, 0.15) is 0 Å². The first kappa shape index (κ1) is 22.4. The van der Waals surface area contributed by atoms with Crippen LogP contribution in [0.25, 0.3) is 17.0 Å². The molecule has 3 rings (SSSR count). The molecule has 164 valence electrons. The molecule has 0 aliphatic carbocycles. The topological polar surface area (TPSA) is 101 Å². The molecule has 0 aliphatic heterocycles. The zero-order valence-corrected chi connectivity index (χ0v) is 18.8. The van der Waals surface area contributed by atoms with Gasteiger partial charge < -0.3 is 15.0 Å². The van der Waals surface area contributed by atoms with Crippen molar-refractivity contribution in [1.82, 2.24) is 19.3 Å². The number of urea groups is 1. The summed E-state index contributed by atoms with van der Waals surface area (Å²) in [5.41, 5.74) is 2.28. The number of hydrogen-bond donors (Lipinski definition) is 2. The summed E-state index contributed by atoms with van der Waals surface area (Å²) in [6.45, 7) is 7.40. The van der Waals surface area contributed by atoms with Gasteiger partial charge in [-0.1, -0.05) is 11.6 Å². The largest absolute Gasteiger partial charge is 0.447 e. The van der Waals surface area contributed by atoms with Crippen LogP contribution >= 0.6 is 11.6 Å². The van der Waals surface area contributed by atoms with Crippen LogP contribution in [-0.2, 0) is 4.74 Å². The Balaban J connectivity index is 1.85. The van der Waals surface area contributed by atoms with Crippen LogP contribution in [0.2, 0.25) is 5.02 Å². The molecular formula is C21H25ClN6O3. The highest BCUT2D eigenvalue weighted by Gasteiger charge is 2.15. The van der Waals surface area contributed by atoms with E-state index >= 15 is 0 Å². The number of ether oxygens (including phenoxy) is 1. The molecule has 2 N–H and O–H groups in total. The molecule has 2 aromatic heterocycles. The summed E-state index contributed by atoms with van der Waals surface area (Å²) in [6, 6.07) is 5.04. The monoisotopic (exact) mass is 444 g/mol.